The first-order chi connectivity index (χ1) is 6.31. The molecule has 1 heterocycles. The fourth-order valence-corrected chi connectivity index (χ4v) is 2.43. The van der Waals surface area contributed by atoms with Crippen LogP contribution in [-0.2, 0) is 0 Å². The van der Waals surface area contributed by atoms with Crippen LogP contribution in [0.1, 0.15) is 11.7 Å². The summed E-state index contributed by atoms with van der Waals surface area (Å²) in [6, 6.07) is 8.15. The lowest BCUT2D eigenvalue weighted by atomic mass is 10.1. The van der Waals surface area contributed by atoms with E-state index in [1.54, 1.807) is 11.3 Å². The van der Waals surface area contributed by atoms with Gasteiger partial charge in [-0.1, -0.05) is 22.0 Å². The van der Waals surface area contributed by atoms with Gasteiger partial charge < -0.3 is 5.11 Å². The standard InChI is InChI=1S/C10H9BrOS/c11-6-9(12)7-1-2-10-8(5-7)3-4-13-10/h1-5,9,12H,6H2. The third-order valence-electron chi connectivity index (χ3n) is 2.01. The minimum atomic E-state index is -0.399. The molecular weight excluding hydrogens is 248 g/mol. The highest BCUT2D eigenvalue weighted by atomic mass is 79.9. The Morgan fingerprint density at radius 1 is 1.38 bits per heavy atom. The highest BCUT2D eigenvalue weighted by Crippen LogP contribution is 2.25. The fourth-order valence-electron chi connectivity index (χ4n) is 1.28. The molecule has 1 atom stereocenters. The van der Waals surface area contributed by atoms with E-state index < -0.39 is 6.10 Å². The molecule has 0 saturated heterocycles. The van der Waals surface area contributed by atoms with Crippen LogP contribution in [0.2, 0.25) is 0 Å². The quantitative estimate of drug-likeness (QED) is 0.818. The zero-order chi connectivity index (χ0) is 9.26. The molecule has 0 fully saturated rings. The molecule has 0 spiro atoms. The number of fused-ring (bicyclic) bond motifs is 1. The average Bonchev–Trinajstić information content (AvgIpc) is 2.63. The monoisotopic (exact) mass is 256 g/mol. The van der Waals surface area contributed by atoms with Crippen LogP contribution in [0.5, 0.6) is 0 Å². The Hall–Kier alpha value is -0.380. The highest BCUT2D eigenvalue weighted by molar-refractivity contribution is 9.09. The van der Waals surface area contributed by atoms with Gasteiger partial charge in [0.2, 0.25) is 0 Å². The topological polar surface area (TPSA) is 20.2 Å². The summed E-state index contributed by atoms with van der Waals surface area (Å²) in [6.45, 7) is 0. The molecule has 1 aromatic carbocycles. The number of halogens is 1. The first kappa shape index (κ1) is 9.19. The molecule has 0 aliphatic carbocycles. The number of thiophene rings is 1. The number of aliphatic hydroxyl groups excluding tert-OH is 1. The molecule has 0 aliphatic rings. The number of aliphatic hydroxyl groups is 1. The first-order valence-electron chi connectivity index (χ1n) is 4.02. The van der Waals surface area contributed by atoms with Crippen LogP contribution >= 0.6 is 27.3 Å². The molecule has 0 aliphatic heterocycles. The maximum absolute atomic E-state index is 9.58. The number of benzene rings is 1. The Kier molecular flexibility index (Phi) is 2.67. The first-order valence-corrected chi connectivity index (χ1v) is 6.02. The van der Waals surface area contributed by atoms with Crippen molar-refractivity contribution in [1.29, 1.82) is 0 Å². The SMILES string of the molecule is OC(CBr)c1ccc2sccc2c1. The van der Waals surface area contributed by atoms with Crippen LogP contribution in [0, 0.1) is 0 Å². The predicted molar refractivity (Wildman–Crippen MR) is 60.6 cm³/mol. The van der Waals surface area contributed by atoms with E-state index in [4.69, 9.17) is 0 Å². The van der Waals surface area contributed by atoms with Gasteiger partial charge >= 0.3 is 0 Å². The van der Waals surface area contributed by atoms with Crippen molar-refractivity contribution in [3.63, 3.8) is 0 Å². The largest absolute Gasteiger partial charge is 0.388 e. The lowest BCUT2D eigenvalue weighted by Gasteiger charge is -2.06. The number of hydrogen-bond donors (Lipinski definition) is 1. The molecule has 3 heteroatoms. The van der Waals surface area contributed by atoms with Crippen molar-refractivity contribution < 1.29 is 5.11 Å². The van der Waals surface area contributed by atoms with Crippen molar-refractivity contribution in [3.8, 4) is 0 Å². The summed E-state index contributed by atoms with van der Waals surface area (Å²) in [4.78, 5) is 0. The van der Waals surface area contributed by atoms with Crippen LogP contribution in [0.3, 0.4) is 0 Å². The summed E-state index contributed by atoms with van der Waals surface area (Å²) in [5.74, 6) is 0. The molecule has 1 nitrogen and oxygen atoms in total. The molecule has 1 N–H and O–H groups in total. The summed E-state index contributed by atoms with van der Waals surface area (Å²) in [5.41, 5.74) is 0.975. The van der Waals surface area contributed by atoms with Crippen molar-refractivity contribution in [3.05, 3.63) is 35.2 Å². The van der Waals surface area contributed by atoms with Gasteiger partial charge in [-0.15, -0.1) is 11.3 Å². The van der Waals surface area contributed by atoms with E-state index in [9.17, 15) is 5.11 Å². The van der Waals surface area contributed by atoms with Crippen LogP contribution in [-0.4, -0.2) is 10.4 Å². The second kappa shape index (κ2) is 3.78. The van der Waals surface area contributed by atoms with E-state index in [0.717, 1.165) is 5.56 Å². The molecule has 0 bridgehead atoms. The van der Waals surface area contributed by atoms with Gasteiger partial charge in [0.1, 0.15) is 0 Å². The summed E-state index contributed by atoms with van der Waals surface area (Å²) in [6.07, 6.45) is -0.399. The molecule has 0 radical (unpaired) electrons. The third kappa shape index (κ3) is 1.77. The van der Waals surface area contributed by atoms with Gasteiger partial charge in [0.05, 0.1) is 6.10 Å². The molecular formula is C10H9BrOS. The van der Waals surface area contributed by atoms with Crippen LogP contribution in [0.15, 0.2) is 29.6 Å². The van der Waals surface area contributed by atoms with Crippen LogP contribution in [0.25, 0.3) is 10.1 Å². The van der Waals surface area contributed by atoms with Crippen LogP contribution < -0.4 is 0 Å². The Labute approximate surface area is 89.1 Å². The lowest BCUT2D eigenvalue weighted by Crippen LogP contribution is -1.96. The van der Waals surface area contributed by atoms with Gasteiger partial charge in [-0.2, -0.15) is 0 Å². The van der Waals surface area contributed by atoms with E-state index >= 15 is 0 Å². The Balaban J connectivity index is 2.48. The van der Waals surface area contributed by atoms with Crippen LogP contribution in [0.4, 0.5) is 0 Å². The van der Waals surface area contributed by atoms with Gasteiger partial charge in [0, 0.05) is 10.0 Å². The Bertz CT molecular complexity index is 410. The smallest absolute Gasteiger partial charge is 0.0887 e. The molecule has 1 unspecified atom stereocenters. The molecule has 2 aromatic rings. The normalized spacial score (nSPS) is 13.4. The zero-order valence-electron chi connectivity index (χ0n) is 6.90. The van der Waals surface area contributed by atoms with Crippen molar-refractivity contribution in [1.82, 2.24) is 0 Å². The van der Waals surface area contributed by atoms with E-state index in [0.29, 0.717) is 5.33 Å². The van der Waals surface area contributed by atoms with E-state index in [1.807, 2.05) is 12.1 Å². The highest BCUT2D eigenvalue weighted by Gasteiger charge is 2.05. The number of rotatable bonds is 2. The third-order valence-corrected chi connectivity index (χ3v) is 3.52. The minimum Gasteiger partial charge on any atom is -0.388 e. The summed E-state index contributed by atoms with van der Waals surface area (Å²) < 4.78 is 1.27. The van der Waals surface area contributed by atoms with Crippen molar-refractivity contribution in [2.45, 2.75) is 6.10 Å². The molecule has 13 heavy (non-hydrogen) atoms. The maximum Gasteiger partial charge on any atom is 0.0887 e. The number of hydrogen-bond acceptors (Lipinski definition) is 2. The van der Waals surface area contributed by atoms with Gasteiger partial charge in [-0.25, -0.2) is 0 Å². The fraction of sp³-hybridized carbons (Fsp3) is 0.200. The van der Waals surface area contributed by atoms with Gasteiger partial charge in [0.15, 0.2) is 0 Å². The van der Waals surface area contributed by atoms with Gasteiger partial charge in [-0.05, 0) is 34.5 Å². The van der Waals surface area contributed by atoms with E-state index in [1.165, 1.54) is 10.1 Å². The van der Waals surface area contributed by atoms with E-state index in [-0.39, 0.29) is 0 Å². The molecule has 1 aromatic heterocycles. The second-order valence-electron chi connectivity index (χ2n) is 2.89. The molecule has 0 saturated carbocycles. The van der Waals surface area contributed by atoms with Crippen molar-refractivity contribution >= 4 is 37.4 Å². The van der Waals surface area contributed by atoms with E-state index in [2.05, 4.69) is 33.4 Å². The summed E-state index contributed by atoms with van der Waals surface area (Å²) in [5, 5.41) is 13.4. The molecule has 68 valence electrons. The Morgan fingerprint density at radius 3 is 3.00 bits per heavy atom. The molecule has 2 rings (SSSR count). The maximum atomic E-state index is 9.58. The summed E-state index contributed by atoms with van der Waals surface area (Å²) in [7, 11) is 0. The van der Waals surface area contributed by atoms with Gasteiger partial charge in [0.25, 0.3) is 0 Å². The minimum absolute atomic E-state index is 0.399. The second-order valence-corrected chi connectivity index (χ2v) is 4.48. The summed E-state index contributed by atoms with van der Waals surface area (Å²) >= 11 is 4.98. The van der Waals surface area contributed by atoms with Gasteiger partial charge in [-0.3, -0.25) is 0 Å². The molecule has 0 amide bonds. The lowest BCUT2D eigenvalue weighted by molar-refractivity contribution is 0.205. The zero-order valence-corrected chi connectivity index (χ0v) is 9.31. The Morgan fingerprint density at radius 2 is 2.23 bits per heavy atom. The average molecular weight is 257 g/mol. The van der Waals surface area contributed by atoms with Crippen molar-refractivity contribution in [2.24, 2.45) is 0 Å². The van der Waals surface area contributed by atoms with Crippen molar-refractivity contribution in [2.75, 3.05) is 5.33 Å². The number of alkyl halides is 1. The predicted octanol–water partition coefficient (Wildman–Crippen LogP) is 3.33.